The van der Waals surface area contributed by atoms with Crippen molar-refractivity contribution in [3.63, 3.8) is 0 Å². The zero-order valence-corrected chi connectivity index (χ0v) is 13.4. The number of hydrogen-bond donors (Lipinski definition) is 2. The van der Waals surface area contributed by atoms with E-state index in [2.05, 4.69) is 29.6 Å². The van der Waals surface area contributed by atoms with Crippen LogP contribution in [0, 0.1) is 13.8 Å². The van der Waals surface area contributed by atoms with Gasteiger partial charge in [-0.05, 0) is 38.3 Å². The van der Waals surface area contributed by atoms with Crippen LogP contribution in [0.3, 0.4) is 0 Å². The highest BCUT2D eigenvalue weighted by atomic mass is 16.4. The summed E-state index contributed by atoms with van der Waals surface area (Å²) in [5.74, 6) is -0.294. The number of hydrogen-bond acceptors (Lipinski definition) is 3. The van der Waals surface area contributed by atoms with Crippen LogP contribution in [0.5, 0.6) is 0 Å². The second-order valence-electron chi connectivity index (χ2n) is 5.60. The molecule has 2 N–H and O–H groups in total. The van der Waals surface area contributed by atoms with E-state index in [0.717, 1.165) is 12.8 Å². The summed E-state index contributed by atoms with van der Waals surface area (Å²) in [5.41, 5.74) is 2.57. The van der Waals surface area contributed by atoms with Crippen LogP contribution < -0.4 is 5.32 Å². The molecule has 2 rings (SSSR count). The minimum absolute atomic E-state index is 0.0666. The number of aryl methyl sites for hydroxylation is 3. The van der Waals surface area contributed by atoms with E-state index in [4.69, 9.17) is 9.52 Å². The molecule has 1 amide bonds. The average molecular weight is 315 g/mol. The van der Waals surface area contributed by atoms with E-state index in [-0.39, 0.29) is 18.0 Å². The van der Waals surface area contributed by atoms with Gasteiger partial charge in [0.05, 0.1) is 6.54 Å². The molecule has 0 unspecified atom stereocenters. The van der Waals surface area contributed by atoms with E-state index in [1.54, 1.807) is 6.92 Å². The monoisotopic (exact) mass is 315 g/mol. The van der Waals surface area contributed by atoms with Gasteiger partial charge in [0, 0.05) is 6.42 Å². The molecular weight excluding hydrogens is 294 g/mol. The molecule has 0 bridgehead atoms. The Hall–Kier alpha value is -2.56. The third kappa shape index (κ3) is 4.98. The molecule has 5 heteroatoms. The lowest BCUT2D eigenvalue weighted by Crippen LogP contribution is -2.22. The van der Waals surface area contributed by atoms with Gasteiger partial charge in [0.1, 0.15) is 17.1 Å². The first-order chi connectivity index (χ1) is 11.0. The van der Waals surface area contributed by atoms with Crippen LogP contribution in [0.15, 0.2) is 34.7 Å². The predicted molar refractivity (Wildman–Crippen MR) is 86.4 cm³/mol. The number of carboxylic acids is 1. The van der Waals surface area contributed by atoms with Crippen LogP contribution in [0.1, 0.15) is 45.8 Å². The maximum atomic E-state index is 11.8. The SMILES string of the molecule is Cc1ccc(CCCC(=O)NCc2cc(C(=O)O)c(C)o2)cc1. The Bertz CT molecular complexity index is 686. The summed E-state index contributed by atoms with van der Waals surface area (Å²) in [5, 5.41) is 11.7. The molecule has 0 aliphatic carbocycles. The van der Waals surface area contributed by atoms with E-state index in [1.807, 2.05) is 6.92 Å². The second kappa shape index (κ2) is 7.63. The van der Waals surface area contributed by atoms with E-state index >= 15 is 0 Å². The Labute approximate surface area is 135 Å². The first-order valence-corrected chi connectivity index (χ1v) is 7.60. The standard InChI is InChI=1S/C18H21NO4/c1-12-6-8-14(9-7-12)4-3-5-17(20)19-11-15-10-16(18(21)22)13(2)23-15/h6-10H,3-5,11H2,1-2H3,(H,19,20)(H,21,22). The first kappa shape index (κ1) is 16.8. The van der Waals surface area contributed by atoms with Crippen molar-refractivity contribution in [1.29, 1.82) is 0 Å². The summed E-state index contributed by atoms with van der Waals surface area (Å²) in [6.45, 7) is 3.84. The van der Waals surface area contributed by atoms with E-state index in [1.165, 1.54) is 17.2 Å². The lowest BCUT2D eigenvalue weighted by atomic mass is 10.1. The van der Waals surface area contributed by atoms with Gasteiger partial charge in [-0.1, -0.05) is 29.8 Å². The smallest absolute Gasteiger partial charge is 0.339 e. The van der Waals surface area contributed by atoms with Crippen molar-refractivity contribution >= 4 is 11.9 Å². The third-order valence-electron chi connectivity index (χ3n) is 3.65. The lowest BCUT2D eigenvalue weighted by Gasteiger charge is -2.04. The van der Waals surface area contributed by atoms with Crippen molar-refractivity contribution < 1.29 is 19.1 Å². The lowest BCUT2D eigenvalue weighted by molar-refractivity contribution is -0.121. The highest BCUT2D eigenvalue weighted by Crippen LogP contribution is 2.14. The molecule has 0 saturated heterocycles. The van der Waals surface area contributed by atoms with Gasteiger partial charge in [0.15, 0.2) is 0 Å². The minimum atomic E-state index is -1.03. The van der Waals surface area contributed by atoms with Gasteiger partial charge < -0.3 is 14.8 Å². The first-order valence-electron chi connectivity index (χ1n) is 7.60. The molecule has 0 aliphatic heterocycles. The molecule has 1 heterocycles. The van der Waals surface area contributed by atoms with Crippen molar-refractivity contribution in [1.82, 2.24) is 5.32 Å². The summed E-state index contributed by atoms with van der Waals surface area (Å²) in [7, 11) is 0. The minimum Gasteiger partial charge on any atom is -0.478 e. The molecule has 0 saturated carbocycles. The largest absolute Gasteiger partial charge is 0.478 e. The number of carboxylic acid groups (broad SMARTS) is 1. The Kier molecular flexibility index (Phi) is 5.57. The van der Waals surface area contributed by atoms with Crippen LogP contribution in [0.25, 0.3) is 0 Å². The number of amides is 1. The summed E-state index contributed by atoms with van der Waals surface area (Å²) in [4.78, 5) is 22.7. The van der Waals surface area contributed by atoms with Crippen molar-refractivity contribution in [3.05, 3.63) is 58.5 Å². The molecule has 2 aromatic rings. The number of aromatic carboxylic acids is 1. The molecule has 0 atom stereocenters. The van der Waals surface area contributed by atoms with Crippen LogP contribution in [-0.2, 0) is 17.8 Å². The van der Waals surface area contributed by atoms with Crippen molar-refractivity contribution in [2.24, 2.45) is 0 Å². The number of furan rings is 1. The Morgan fingerprint density at radius 1 is 1.17 bits per heavy atom. The van der Waals surface area contributed by atoms with Gasteiger partial charge in [-0.3, -0.25) is 4.79 Å². The Balaban J connectivity index is 1.73. The molecule has 0 spiro atoms. The van der Waals surface area contributed by atoms with Crippen LogP contribution >= 0.6 is 0 Å². The molecule has 122 valence electrons. The van der Waals surface area contributed by atoms with Crippen molar-refractivity contribution in [2.75, 3.05) is 0 Å². The fraction of sp³-hybridized carbons (Fsp3) is 0.333. The molecular formula is C18H21NO4. The zero-order chi connectivity index (χ0) is 16.8. The molecule has 1 aromatic carbocycles. The third-order valence-corrected chi connectivity index (χ3v) is 3.65. The van der Waals surface area contributed by atoms with Crippen LogP contribution in [0.4, 0.5) is 0 Å². The topological polar surface area (TPSA) is 79.5 Å². The zero-order valence-electron chi connectivity index (χ0n) is 13.4. The highest BCUT2D eigenvalue weighted by molar-refractivity contribution is 5.88. The van der Waals surface area contributed by atoms with Gasteiger partial charge in [-0.2, -0.15) is 0 Å². The van der Waals surface area contributed by atoms with Gasteiger partial charge >= 0.3 is 5.97 Å². The number of rotatable bonds is 7. The van der Waals surface area contributed by atoms with Gasteiger partial charge in [0.2, 0.25) is 5.91 Å². The van der Waals surface area contributed by atoms with E-state index in [0.29, 0.717) is 17.9 Å². The van der Waals surface area contributed by atoms with E-state index in [9.17, 15) is 9.59 Å². The van der Waals surface area contributed by atoms with Crippen LogP contribution in [0.2, 0.25) is 0 Å². The molecule has 0 radical (unpaired) electrons. The number of nitrogens with one attached hydrogen (secondary N) is 1. The molecule has 23 heavy (non-hydrogen) atoms. The molecule has 0 fully saturated rings. The van der Waals surface area contributed by atoms with E-state index < -0.39 is 5.97 Å². The van der Waals surface area contributed by atoms with Crippen LogP contribution in [-0.4, -0.2) is 17.0 Å². The Morgan fingerprint density at radius 2 is 1.87 bits per heavy atom. The number of carbonyl (C=O) groups excluding carboxylic acids is 1. The maximum absolute atomic E-state index is 11.8. The summed E-state index contributed by atoms with van der Waals surface area (Å²) in [6, 6.07) is 9.73. The van der Waals surface area contributed by atoms with Gasteiger partial charge in [-0.25, -0.2) is 4.79 Å². The quantitative estimate of drug-likeness (QED) is 0.822. The molecule has 1 aromatic heterocycles. The Morgan fingerprint density at radius 3 is 2.48 bits per heavy atom. The van der Waals surface area contributed by atoms with Crippen molar-refractivity contribution in [3.8, 4) is 0 Å². The fourth-order valence-corrected chi connectivity index (χ4v) is 2.33. The van der Waals surface area contributed by atoms with Crippen molar-refractivity contribution in [2.45, 2.75) is 39.7 Å². The molecule has 5 nitrogen and oxygen atoms in total. The summed E-state index contributed by atoms with van der Waals surface area (Å²) < 4.78 is 5.32. The molecule has 0 aliphatic rings. The number of carbonyl (C=O) groups is 2. The predicted octanol–water partition coefficient (Wildman–Crippen LogP) is 3.23. The summed E-state index contributed by atoms with van der Waals surface area (Å²) >= 11 is 0. The number of benzene rings is 1. The summed E-state index contributed by atoms with van der Waals surface area (Å²) in [6.07, 6.45) is 2.06. The van der Waals surface area contributed by atoms with Gasteiger partial charge in [-0.15, -0.1) is 0 Å². The normalized spacial score (nSPS) is 10.5. The average Bonchev–Trinajstić information content (AvgIpc) is 2.88. The fourth-order valence-electron chi connectivity index (χ4n) is 2.33. The second-order valence-corrected chi connectivity index (χ2v) is 5.60. The maximum Gasteiger partial charge on any atom is 0.339 e. The van der Waals surface area contributed by atoms with Gasteiger partial charge in [0.25, 0.3) is 0 Å². The highest BCUT2D eigenvalue weighted by Gasteiger charge is 2.14.